The van der Waals surface area contributed by atoms with Crippen LogP contribution < -0.4 is 5.32 Å². The van der Waals surface area contributed by atoms with E-state index in [1.54, 1.807) is 54.7 Å². The molecule has 1 unspecified atom stereocenters. The van der Waals surface area contributed by atoms with E-state index in [2.05, 4.69) is 10.3 Å². The van der Waals surface area contributed by atoms with E-state index in [0.29, 0.717) is 17.8 Å². The van der Waals surface area contributed by atoms with Crippen LogP contribution in [-0.2, 0) is 34.9 Å². The number of ether oxygens (including phenoxy) is 1. The number of halogens is 6. The number of nitrogens with zero attached hydrogens (tertiary/aromatic N) is 1. The molecule has 3 rings (SSSR count). The van der Waals surface area contributed by atoms with Crippen molar-refractivity contribution in [2.75, 3.05) is 13.2 Å². The highest BCUT2D eigenvalue weighted by molar-refractivity contribution is 5.78. The molecule has 0 bridgehead atoms. The van der Waals surface area contributed by atoms with Gasteiger partial charge in [-0.15, -0.1) is 0 Å². The van der Waals surface area contributed by atoms with Crippen LogP contribution in [0.1, 0.15) is 33.9 Å². The van der Waals surface area contributed by atoms with E-state index < -0.39 is 30.1 Å². The molecule has 0 saturated carbocycles. The van der Waals surface area contributed by atoms with Crippen LogP contribution in [0.5, 0.6) is 0 Å². The van der Waals surface area contributed by atoms with Crippen molar-refractivity contribution in [2.24, 2.45) is 0 Å². The molecule has 0 aliphatic rings. The van der Waals surface area contributed by atoms with Gasteiger partial charge in [-0.05, 0) is 41.5 Å². The first-order valence-corrected chi connectivity index (χ1v) is 10.6. The van der Waals surface area contributed by atoms with E-state index in [9.17, 15) is 31.1 Å². The van der Waals surface area contributed by atoms with Gasteiger partial charge in [-0.3, -0.25) is 9.78 Å². The maximum Gasteiger partial charge on any atom is 0.416 e. The van der Waals surface area contributed by atoms with Gasteiger partial charge in [-0.25, -0.2) is 0 Å². The summed E-state index contributed by atoms with van der Waals surface area (Å²) in [5, 5.41) is 2.78. The molecular formula is C25H22F6N2O2. The average Bonchev–Trinajstić information content (AvgIpc) is 2.81. The Kier molecular flexibility index (Phi) is 8.50. The van der Waals surface area contributed by atoms with Crippen LogP contribution in [0.3, 0.4) is 0 Å². The first-order valence-electron chi connectivity index (χ1n) is 10.6. The fourth-order valence-electron chi connectivity index (χ4n) is 3.39. The van der Waals surface area contributed by atoms with Crippen LogP contribution in [0.25, 0.3) is 0 Å². The van der Waals surface area contributed by atoms with Gasteiger partial charge < -0.3 is 10.1 Å². The van der Waals surface area contributed by atoms with Gasteiger partial charge in [0.25, 0.3) is 0 Å². The van der Waals surface area contributed by atoms with Crippen LogP contribution in [0, 0.1) is 0 Å². The number of alkyl halides is 6. The molecule has 35 heavy (non-hydrogen) atoms. The van der Waals surface area contributed by atoms with Crippen molar-refractivity contribution in [1.29, 1.82) is 0 Å². The molecule has 1 aromatic heterocycles. The van der Waals surface area contributed by atoms with Crippen molar-refractivity contribution < 1.29 is 35.9 Å². The van der Waals surface area contributed by atoms with Gasteiger partial charge in [0.2, 0.25) is 5.91 Å². The zero-order valence-corrected chi connectivity index (χ0v) is 18.4. The minimum absolute atomic E-state index is 0.0362. The highest BCUT2D eigenvalue weighted by Gasteiger charge is 2.36. The Bertz CT molecular complexity index is 1070. The Balaban J connectivity index is 1.67. The molecule has 186 valence electrons. The SMILES string of the molecule is O=C(Cc1ccccn1)NCC(COCc1cc(C(F)(F)F)cc(C(F)(F)F)c1)c1ccccc1. The number of pyridine rings is 1. The highest BCUT2D eigenvalue weighted by atomic mass is 19.4. The summed E-state index contributed by atoms with van der Waals surface area (Å²) >= 11 is 0. The third-order valence-electron chi connectivity index (χ3n) is 5.12. The van der Waals surface area contributed by atoms with E-state index in [-0.39, 0.29) is 43.0 Å². The summed E-state index contributed by atoms with van der Waals surface area (Å²) in [5.74, 6) is -0.658. The molecular weight excluding hydrogens is 474 g/mol. The number of carbonyl (C=O) groups excluding carboxylic acids is 1. The van der Waals surface area contributed by atoms with Crippen LogP contribution >= 0.6 is 0 Å². The second kappa shape index (κ2) is 11.4. The summed E-state index contributed by atoms with van der Waals surface area (Å²) in [5.41, 5.74) is -1.66. The number of carbonyl (C=O) groups is 1. The lowest BCUT2D eigenvalue weighted by Gasteiger charge is -2.19. The number of benzene rings is 2. The molecule has 0 spiro atoms. The maximum absolute atomic E-state index is 13.1. The van der Waals surface area contributed by atoms with E-state index in [1.807, 2.05) is 0 Å². The van der Waals surface area contributed by atoms with Crippen molar-refractivity contribution in [2.45, 2.75) is 31.3 Å². The molecule has 1 N–H and O–H groups in total. The smallest absolute Gasteiger partial charge is 0.376 e. The quantitative estimate of drug-likeness (QED) is 0.382. The minimum atomic E-state index is -4.93. The molecule has 4 nitrogen and oxygen atoms in total. The average molecular weight is 496 g/mol. The summed E-state index contributed by atoms with van der Waals surface area (Å²) in [6, 6.07) is 15.5. The predicted molar refractivity (Wildman–Crippen MR) is 116 cm³/mol. The second-order valence-electron chi connectivity index (χ2n) is 7.84. The molecule has 0 aliphatic carbocycles. The number of hydrogen-bond acceptors (Lipinski definition) is 3. The van der Waals surface area contributed by atoms with Gasteiger partial charge in [-0.1, -0.05) is 36.4 Å². The number of aromatic nitrogens is 1. The Morgan fingerprint density at radius 1 is 0.886 bits per heavy atom. The number of amides is 1. The lowest BCUT2D eigenvalue weighted by Crippen LogP contribution is -2.31. The summed E-state index contributed by atoms with van der Waals surface area (Å²) in [6.45, 7) is -0.338. The van der Waals surface area contributed by atoms with E-state index in [1.165, 1.54) is 0 Å². The summed E-state index contributed by atoms with van der Waals surface area (Å²) in [4.78, 5) is 16.4. The summed E-state index contributed by atoms with van der Waals surface area (Å²) in [6.07, 6.45) is -8.23. The number of nitrogens with one attached hydrogen (secondary N) is 1. The topological polar surface area (TPSA) is 51.2 Å². The summed E-state index contributed by atoms with van der Waals surface area (Å²) < 4.78 is 84.0. The van der Waals surface area contributed by atoms with Crippen LogP contribution in [0.15, 0.2) is 72.9 Å². The molecule has 1 heterocycles. The van der Waals surface area contributed by atoms with Gasteiger partial charge >= 0.3 is 12.4 Å². The fraction of sp³-hybridized carbons (Fsp3) is 0.280. The van der Waals surface area contributed by atoms with Crippen molar-refractivity contribution >= 4 is 5.91 Å². The molecule has 0 fully saturated rings. The molecule has 0 radical (unpaired) electrons. The fourth-order valence-corrected chi connectivity index (χ4v) is 3.39. The third kappa shape index (κ3) is 8.10. The molecule has 3 aromatic rings. The Morgan fingerprint density at radius 3 is 2.09 bits per heavy atom. The van der Waals surface area contributed by atoms with Gasteiger partial charge in [0.05, 0.1) is 30.8 Å². The Labute approximate surface area is 198 Å². The first kappa shape index (κ1) is 26.2. The monoisotopic (exact) mass is 496 g/mol. The molecule has 2 aromatic carbocycles. The van der Waals surface area contributed by atoms with Gasteiger partial charge in [0, 0.05) is 24.4 Å². The van der Waals surface area contributed by atoms with E-state index in [0.717, 1.165) is 5.56 Å². The molecule has 0 saturated heterocycles. The molecule has 0 aliphatic heterocycles. The van der Waals surface area contributed by atoms with Gasteiger partial charge in [0.1, 0.15) is 0 Å². The Morgan fingerprint density at radius 2 is 1.51 bits per heavy atom. The second-order valence-corrected chi connectivity index (χ2v) is 7.84. The number of rotatable bonds is 9. The lowest BCUT2D eigenvalue weighted by molar-refractivity contribution is -0.143. The van der Waals surface area contributed by atoms with E-state index >= 15 is 0 Å². The van der Waals surface area contributed by atoms with Crippen LogP contribution in [0.2, 0.25) is 0 Å². The maximum atomic E-state index is 13.1. The van der Waals surface area contributed by atoms with Gasteiger partial charge in [-0.2, -0.15) is 26.3 Å². The van der Waals surface area contributed by atoms with E-state index in [4.69, 9.17) is 4.74 Å². The van der Waals surface area contributed by atoms with Crippen LogP contribution in [-0.4, -0.2) is 24.0 Å². The Hall–Kier alpha value is -3.40. The minimum Gasteiger partial charge on any atom is -0.376 e. The normalized spacial score (nSPS) is 12.9. The first-order chi connectivity index (χ1) is 16.5. The highest BCUT2D eigenvalue weighted by Crippen LogP contribution is 2.36. The molecule has 1 amide bonds. The zero-order valence-electron chi connectivity index (χ0n) is 18.4. The largest absolute Gasteiger partial charge is 0.416 e. The molecule has 1 atom stereocenters. The van der Waals surface area contributed by atoms with Crippen molar-refractivity contribution in [3.05, 3.63) is 101 Å². The zero-order chi connectivity index (χ0) is 25.5. The summed E-state index contributed by atoms with van der Waals surface area (Å²) in [7, 11) is 0. The standard InChI is InChI=1S/C25H22F6N2O2/c26-24(27,28)20-10-17(11-21(12-20)25(29,30)31)15-35-16-19(18-6-2-1-3-7-18)14-33-23(34)13-22-8-4-5-9-32-22/h1-12,19H,13-16H2,(H,33,34). The van der Waals surface area contributed by atoms with Gasteiger partial charge in [0.15, 0.2) is 0 Å². The van der Waals surface area contributed by atoms with Crippen molar-refractivity contribution in [3.8, 4) is 0 Å². The van der Waals surface area contributed by atoms with Crippen molar-refractivity contribution in [1.82, 2.24) is 10.3 Å². The van der Waals surface area contributed by atoms with Crippen LogP contribution in [0.4, 0.5) is 26.3 Å². The van der Waals surface area contributed by atoms with Crippen molar-refractivity contribution in [3.63, 3.8) is 0 Å². The lowest BCUT2D eigenvalue weighted by atomic mass is 10.00. The third-order valence-corrected chi connectivity index (χ3v) is 5.12. The predicted octanol–water partition coefficient (Wildman–Crippen LogP) is 5.78. The molecule has 10 heteroatoms. The number of hydrogen-bond donors (Lipinski definition) is 1.